The van der Waals surface area contributed by atoms with Gasteiger partial charge in [-0.1, -0.05) is 0 Å². The molecule has 0 amide bonds. The van der Waals surface area contributed by atoms with Gasteiger partial charge in [-0.3, -0.25) is 0 Å². The second-order valence-electron chi connectivity index (χ2n) is 4.79. The standard InChI is InChI=1S/C14H20N2O2/c1-9(2)18-10-4-5-13-11(6-10)12(8-16(13)3)14(17)7-15/h4-6,8-9,14,17H,7,15H2,1-3H3. The van der Waals surface area contributed by atoms with Crippen molar-refractivity contribution in [3.8, 4) is 5.75 Å². The summed E-state index contributed by atoms with van der Waals surface area (Å²) >= 11 is 0. The zero-order chi connectivity index (χ0) is 13.3. The minimum absolute atomic E-state index is 0.133. The largest absolute Gasteiger partial charge is 0.491 e. The highest BCUT2D eigenvalue weighted by Crippen LogP contribution is 2.29. The van der Waals surface area contributed by atoms with Gasteiger partial charge in [0.05, 0.1) is 12.2 Å². The molecule has 0 saturated heterocycles. The number of aliphatic hydroxyl groups is 1. The van der Waals surface area contributed by atoms with Crippen LogP contribution in [0, 0.1) is 0 Å². The van der Waals surface area contributed by atoms with E-state index in [1.807, 2.05) is 49.9 Å². The lowest BCUT2D eigenvalue weighted by atomic mass is 10.1. The number of benzene rings is 1. The van der Waals surface area contributed by atoms with Gasteiger partial charge < -0.3 is 20.1 Å². The molecule has 1 heterocycles. The highest BCUT2D eigenvalue weighted by atomic mass is 16.5. The Morgan fingerprint density at radius 1 is 1.39 bits per heavy atom. The number of hydrogen-bond acceptors (Lipinski definition) is 3. The van der Waals surface area contributed by atoms with Gasteiger partial charge in [-0.2, -0.15) is 0 Å². The summed E-state index contributed by atoms with van der Waals surface area (Å²) in [7, 11) is 1.96. The molecule has 1 atom stereocenters. The van der Waals surface area contributed by atoms with Crippen molar-refractivity contribution in [1.82, 2.24) is 4.57 Å². The Morgan fingerprint density at radius 2 is 2.11 bits per heavy atom. The molecule has 0 saturated carbocycles. The second-order valence-corrected chi connectivity index (χ2v) is 4.79. The molecule has 2 aromatic rings. The van der Waals surface area contributed by atoms with E-state index >= 15 is 0 Å². The van der Waals surface area contributed by atoms with E-state index in [0.717, 1.165) is 22.2 Å². The van der Waals surface area contributed by atoms with Crippen LogP contribution >= 0.6 is 0 Å². The average Bonchev–Trinajstić information content (AvgIpc) is 2.65. The molecule has 1 aromatic carbocycles. The topological polar surface area (TPSA) is 60.4 Å². The first-order chi connectivity index (χ1) is 8.52. The van der Waals surface area contributed by atoms with Gasteiger partial charge in [-0.15, -0.1) is 0 Å². The number of aliphatic hydroxyl groups excluding tert-OH is 1. The Bertz CT molecular complexity index is 546. The lowest BCUT2D eigenvalue weighted by molar-refractivity contribution is 0.188. The zero-order valence-electron chi connectivity index (χ0n) is 11.1. The van der Waals surface area contributed by atoms with Crippen molar-refractivity contribution in [2.45, 2.75) is 26.1 Å². The quantitative estimate of drug-likeness (QED) is 0.869. The normalized spacial score (nSPS) is 13.2. The van der Waals surface area contributed by atoms with Crippen LogP contribution in [0.2, 0.25) is 0 Å². The van der Waals surface area contributed by atoms with E-state index in [1.165, 1.54) is 0 Å². The van der Waals surface area contributed by atoms with Gasteiger partial charge in [0.15, 0.2) is 0 Å². The summed E-state index contributed by atoms with van der Waals surface area (Å²) in [6, 6.07) is 5.91. The SMILES string of the molecule is CC(C)Oc1ccc2c(c1)c(C(O)CN)cn2C. The Hall–Kier alpha value is -1.52. The number of aryl methyl sites for hydroxylation is 1. The fourth-order valence-corrected chi connectivity index (χ4v) is 2.14. The summed E-state index contributed by atoms with van der Waals surface area (Å²) in [4.78, 5) is 0. The minimum atomic E-state index is -0.636. The molecule has 2 rings (SSSR count). The van der Waals surface area contributed by atoms with Crippen molar-refractivity contribution >= 4 is 10.9 Å². The maximum Gasteiger partial charge on any atom is 0.120 e. The van der Waals surface area contributed by atoms with Crippen molar-refractivity contribution in [2.75, 3.05) is 6.54 Å². The molecule has 1 unspecified atom stereocenters. The number of fused-ring (bicyclic) bond motifs is 1. The predicted octanol–water partition coefficient (Wildman–Crippen LogP) is 1.96. The van der Waals surface area contributed by atoms with Gasteiger partial charge in [0.2, 0.25) is 0 Å². The monoisotopic (exact) mass is 248 g/mol. The summed E-state index contributed by atoms with van der Waals surface area (Å²) in [5, 5.41) is 10.9. The van der Waals surface area contributed by atoms with Crippen LogP contribution in [0.3, 0.4) is 0 Å². The smallest absolute Gasteiger partial charge is 0.120 e. The summed E-state index contributed by atoms with van der Waals surface area (Å²) < 4.78 is 7.67. The third-order valence-electron chi connectivity index (χ3n) is 2.95. The Balaban J connectivity index is 2.52. The maximum absolute atomic E-state index is 9.93. The van der Waals surface area contributed by atoms with Crippen molar-refractivity contribution in [3.63, 3.8) is 0 Å². The predicted molar refractivity (Wildman–Crippen MR) is 72.7 cm³/mol. The fraction of sp³-hybridized carbons (Fsp3) is 0.429. The first-order valence-corrected chi connectivity index (χ1v) is 6.16. The van der Waals surface area contributed by atoms with Crippen LogP contribution in [-0.2, 0) is 7.05 Å². The lowest BCUT2D eigenvalue weighted by Crippen LogP contribution is -2.11. The van der Waals surface area contributed by atoms with Crippen LogP contribution in [-0.4, -0.2) is 22.3 Å². The molecule has 18 heavy (non-hydrogen) atoms. The van der Waals surface area contributed by atoms with Crippen LogP contribution in [0.4, 0.5) is 0 Å². The van der Waals surface area contributed by atoms with Gasteiger partial charge in [0.1, 0.15) is 5.75 Å². The van der Waals surface area contributed by atoms with Crippen LogP contribution < -0.4 is 10.5 Å². The molecular formula is C14H20N2O2. The molecule has 1 aromatic heterocycles. The number of aromatic nitrogens is 1. The van der Waals surface area contributed by atoms with E-state index in [4.69, 9.17) is 10.5 Å². The van der Waals surface area contributed by atoms with E-state index in [-0.39, 0.29) is 12.6 Å². The van der Waals surface area contributed by atoms with Crippen molar-refractivity contribution in [2.24, 2.45) is 12.8 Å². The number of hydrogen-bond donors (Lipinski definition) is 2. The molecule has 4 heteroatoms. The Morgan fingerprint density at radius 3 is 2.72 bits per heavy atom. The van der Waals surface area contributed by atoms with E-state index in [0.29, 0.717) is 0 Å². The zero-order valence-corrected chi connectivity index (χ0v) is 11.1. The fourth-order valence-electron chi connectivity index (χ4n) is 2.14. The molecular weight excluding hydrogens is 228 g/mol. The van der Waals surface area contributed by atoms with Crippen molar-refractivity contribution in [3.05, 3.63) is 30.0 Å². The summed E-state index contributed by atoms with van der Waals surface area (Å²) in [6.07, 6.45) is 1.42. The van der Waals surface area contributed by atoms with Gasteiger partial charge in [-0.25, -0.2) is 0 Å². The molecule has 3 N–H and O–H groups in total. The maximum atomic E-state index is 9.93. The molecule has 0 aliphatic carbocycles. The van der Waals surface area contributed by atoms with Gasteiger partial charge in [0, 0.05) is 36.3 Å². The van der Waals surface area contributed by atoms with E-state index in [2.05, 4.69) is 0 Å². The van der Waals surface area contributed by atoms with Gasteiger partial charge >= 0.3 is 0 Å². The minimum Gasteiger partial charge on any atom is -0.491 e. The lowest BCUT2D eigenvalue weighted by Gasteiger charge is -2.11. The summed E-state index contributed by atoms with van der Waals surface area (Å²) in [6.45, 7) is 4.20. The molecule has 0 aliphatic rings. The number of rotatable bonds is 4. The molecule has 0 fully saturated rings. The van der Waals surface area contributed by atoms with Crippen molar-refractivity contribution in [1.29, 1.82) is 0 Å². The van der Waals surface area contributed by atoms with Crippen LogP contribution in [0.15, 0.2) is 24.4 Å². The van der Waals surface area contributed by atoms with E-state index < -0.39 is 6.10 Å². The van der Waals surface area contributed by atoms with E-state index in [9.17, 15) is 5.11 Å². The van der Waals surface area contributed by atoms with Crippen LogP contribution in [0.25, 0.3) is 10.9 Å². The average molecular weight is 248 g/mol. The molecule has 98 valence electrons. The molecule has 0 bridgehead atoms. The Kier molecular flexibility index (Phi) is 3.59. The molecule has 4 nitrogen and oxygen atoms in total. The molecule has 0 aliphatic heterocycles. The van der Waals surface area contributed by atoms with Crippen LogP contribution in [0.5, 0.6) is 5.75 Å². The van der Waals surface area contributed by atoms with Gasteiger partial charge in [0.25, 0.3) is 0 Å². The number of nitrogens with zero attached hydrogens (tertiary/aromatic N) is 1. The second kappa shape index (κ2) is 5.00. The molecule has 0 radical (unpaired) electrons. The molecule has 0 spiro atoms. The van der Waals surface area contributed by atoms with Crippen LogP contribution in [0.1, 0.15) is 25.5 Å². The first kappa shape index (κ1) is 12.9. The number of nitrogens with two attached hydrogens (primary N) is 1. The Labute approximate surface area is 107 Å². The highest BCUT2D eigenvalue weighted by Gasteiger charge is 2.14. The highest BCUT2D eigenvalue weighted by molar-refractivity contribution is 5.85. The third-order valence-corrected chi connectivity index (χ3v) is 2.95. The summed E-state index contributed by atoms with van der Waals surface area (Å²) in [5.41, 5.74) is 7.45. The third kappa shape index (κ3) is 2.35. The van der Waals surface area contributed by atoms with Gasteiger partial charge in [-0.05, 0) is 32.0 Å². The van der Waals surface area contributed by atoms with E-state index in [1.54, 1.807) is 0 Å². The number of ether oxygens (including phenoxy) is 1. The first-order valence-electron chi connectivity index (χ1n) is 6.16. The van der Waals surface area contributed by atoms with Crippen molar-refractivity contribution < 1.29 is 9.84 Å². The summed E-state index contributed by atoms with van der Waals surface area (Å²) in [5.74, 6) is 0.814.